The maximum Gasteiger partial charge on any atom is 0.259 e. The number of amides is 1. The Morgan fingerprint density at radius 3 is 2.79 bits per heavy atom. The number of hydrogen-bond donors (Lipinski definition) is 2. The highest BCUT2D eigenvalue weighted by Crippen LogP contribution is 2.25. The van der Waals surface area contributed by atoms with Crippen molar-refractivity contribution in [2.75, 3.05) is 5.73 Å². The Hall–Kier alpha value is -2.56. The molecule has 0 saturated carbocycles. The maximum atomic E-state index is 12.3. The van der Waals surface area contributed by atoms with E-state index < -0.39 is 0 Å². The molecule has 0 radical (unpaired) electrons. The number of carbonyl (C=O) groups is 1. The van der Waals surface area contributed by atoms with Gasteiger partial charge in [0.15, 0.2) is 5.43 Å². The lowest BCUT2D eigenvalue weighted by Crippen LogP contribution is -2.29. The van der Waals surface area contributed by atoms with Crippen molar-refractivity contribution in [3.05, 3.63) is 63.6 Å². The molecule has 0 aliphatic carbocycles. The van der Waals surface area contributed by atoms with Gasteiger partial charge in [0, 0.05) is 37.2 Å². The molecular weight excluding hydrogens is 242 g/mol. The molecule has 0 atom stereocenters. The third kappa shape index (κ3) is 1.99. The van der Waals surface area contributed by atoms with E-state index in [1.165, 1.54) is 18.5 Å². The van der Waals surface area contributed by atoms with E-state index in [2.05, 4.69) is 4.98 Å². The molecule has 0 spiro atoms. The van der Waals surface area contributed by atoms with Crippen LogP contribution in [-0.2, 0) is 13.1 Å². The van der Waals surface area contributed by atoms with E-state index in [1.54, 1.807) is 4.90 Å². The van der Waals surface area contributed by atoms with Gasteiger partial charge in [-0.15, -0.1) is 0 Å². The lowest BCUT2D eigenvalue weighted by Gasteiger charge is -2.14. The minimum Gasteiger partial charge on any atom is -0.399 e. The summed E-state index contributed by atoms with van der Waals surface area (Å²) < 4.78 is 0. The number of nitrogens with zero attached hydrogens (tertiary/aromatic N) is 1. The van der Waals surface area contributed by atoms with Crippen molar-refractivity contribution in [2.45, 2.75) is 13.1 Å². The van der Waals surface area contributed by atoms with Gasteiger partial charge in [-0.2, -0.15) is 0 Å². The summed E-state index contributed by atoms with van der Waals surface area (Å²) >= 11 is 0. The van der Waals surface area contributed by atoms with Gasteiger partial charge in [-0.1, -0.05) is 6.07 Å². The second-order valence-electron chi connectivity index (χ2n) is 4.61. The van der Waals surface area contributed by atoms with E-state index >= 15 is 0 Å². The molecule has 96 valence electrons. The Balaban J connectivity index is 1.89. The zero-order valence-electron chi connectivity index (χ0n) is 10.2. The van der Waals surface area contributed by atoms with E-state index in [-0.39, 0.29) is 16.9 Å². The molecule has 0 fully saturated rings. The van der Waals surface area contributed by atoms with Gasteiger partial charge in [-0.3, -0.25) is 9.59 Å². The third-order valence-electron chi connectivity index (χ3n) is 3.29. The molecular formula is C14H13N3O2. The number of anilines is 1. The highest BCUT2D eigenvalue weighted by Gasteiger charge is 2.25. The number of H-pyrrole nitrogens is 1. The number of hydrogen-bond acceptors (Lipinski definition) is 3. The summed E-state index contributed by atoms with van der Waals surface area (Å²) in [6.07, 6.45) is 2.96. The topological polar surface area (TPSA) is 79.2 Å². The zero-order valence-corrected chi connectivity index (χ0v) is 10.2. The van der Waals surface area contributed by atoms with E-state index in [4.69, 9.17) is 5.73 Å². The van der Waals surface area contributed by atoms with Crippen LogP contribution in [0.1, 0.15) is 21.5 Å². The van der Waals surface area contributed by atoms with Crippen LogP contribution in [0.2, 0.25) is 0 Å². The highest BCUT2D eigenvalue weighted by atomic mass is 16.2. The Morgan fingerprint density at radius 1 is 1.21 bits per heavy atom. The summed E-state index contributed by atoms with van der Waals surface area (Å²) in [7, 11) is 0. The summed E-state index contributed by atoms with van der Waals surface area (Å²) in [4.78, 5) is 28.4. The van der Waals surface area contributed by atoms with E-state index in [1.807, 2.05) is 18.2 Å². The molecule has 2 heterocycles. The van der Waals surface area contributed by atoms with Gasteiger partial charge in [0.05, 0.1) is 0 Å². The average Bonchev–Trinajstić information content (AvgIpc) is 2.81. The predicted octanol–water partition coefficient (Wildman–Crippen LogP) is 1.11. The summed E-state index contributed by atoms with van der Waals surface area (Å²) in [5, 5.41) is 0. The molecule has 1 aliphatic rings. The molecule has 0 unspecified atom stereocenters. The molecule has 3 rings (SSSR count). The van der Waals surface area contributed by atoms with Crippen molar-refractivity contribution in [1.29, 1.82) is 0 Å². The van der Waals surface area contributed by atoms with Gasteiger partial charge in [0.25, 0.3) is 5.91 Å². The van der Waals surface area contributed by atoms with Gasteiger partial charge in [-0.05, 0) is 23.3 Å². The molecule has 5 nitrogen and oxygen atoms in total. The van der Waals surface area contributed by atoms with Crippen LogP contribution in [0.4, 0.5) is 5.69 Å². The number of aromatic amines is 1. The SMILES string of the molecule is Nc1ccc2c(c1)CN(C(=O)c1c[nH]ccc1=O)C2. The van der Waals surface area contributed by atoms with Crippen molar-refractivity contribution < 1.29 is 4.79 Å². The quantitative estimate of drug-likeness (QED) is 0.749. The molecule has 3 N–H and O–H groups in total. The number of nitrogen functional groups attached to an aromatic ring is 1. The Bertz CT molecular complexity index is 706. The molecule has 1 amide bonds. The first kappa shape index (κ1) is 11.5. The minimum absolute atomic E-state index is 0.170. The van der Waals surface area contributed by atoms with Gasteiger partial charge in [0.1, 0.15) is 5.56 Å². The number of carbonyl (C=O) groups excluding carboxylic acids is 1. The largest absolute Gasteiger partial charge is 0.399 e. The molecule has 1 aliphatic heterocycles. The van der Waals surface area contributed by atoms with E-state index in [0.717, 1.165) is 11.1 Å². The van der Waals surface area contributed by atoms with Crippen molar-refractivity contribution in [3.63, 3.8) is 0 Å². The van der Waals surface area contributed by atoms with Crippen molar-refractivity contribution in [3.8, 4) is 0 Å². The fourth-order valence-corrected chi connectivity index (χ4v) is 2.31. The molecule has 1 aromatic heterocycles. The predicted molar refractivity (Wildman–Crippen MR) is 71.5 cm³/mol. The summed E-state index contributed by atoms with van der Waals surface area (Å²) in [6, 6.07) is 6.97. The summed E-state index contributed by atoms with van der Waals surface area (Å²) in [5.41, 5.74) is 8.44. The first-order valence-electron chi connectivity index (χ1n) is 5.99. The molecule has 0 bridgehead atoms. The number of pyridine rings is 1. The first-order chi connectivity index (χ1) is 9.15. The van der Waals surface area contributed by atoms with Crippen LogP contribution in [0.15, 0.2) is 41.5 Å². The fourth-order valence-electron chi connectivity index (χ4n) is 2.31. The lowest BCUT2D eigenvalue weighted by molar-refractivity contribution is 0.0749. The molecule has 0 saturated heterocycles. The smallest absolute Gasteiger partial charge is 0.259 e. The van der Waals surface area contributed by atoms with Crippen LogP contribution in [-0.4, -0.2) is 15.8 Å². The van der Waals surface area contributed by atoms with Crippen molar-refractivity contribution in [2.24, 2.45) is 0 Å². The summed E-state index contributed by atoms with van der Waals surface area (Å²) in [6.45, 7) is 1.01. The second kappa shape index (κ2) is 4.28. The van der Waals surface area contributed by atoms with Gasteiger partial charge in [0.2, 0.25) is 0 Å². The number of fused-ring (bicyclic) bond motifs is 1. The Labute approximate surface area is 109 Å². The first-order valence-corrected chi connectivity index (χ1v) is 5.99. The number of benzene rings is 1. The minimum atomic E-state index is -0.265. The van der Waals surface area contributed by atoms with Crippen molar-refractivity contribution in [1.82, 2.24) is 9.88 Å². The number of nitrogens with one attached hydrogen (secondary N) is 1. The molecule has 2 aromatic rings. The standard InChI is InChI=1S/C14H13N3O2/c15-11-2-1-9-7-17(8-10(9)5-11)14(19)12-6-16-4-3-13(12)18/h1-6H,7-8,15H2,(H,16,18). The van der Waals surface area contributed by atoms with Crippen LogP contribution in [0.25, 0.3) is 0 Å². The lowest BCUT2D eigenvalue weighted by atomic mass is 10.1. The molecule has 5 heteroatoms. The summed E-state index contributed by atoms with van der Waals surface area (Å²) in [5.74, 6) is -0.253. The number of aromatic nitrogens is 1. The van der Waals surface area contributed by atoms with Crippen LogP contribution in [0.5, 0.6) is 0 Å². The van der Waals surface area contributed by atoms with Crippen LogP contribution >= 0.6 is 0 Å². The van der Waals surface area contributed by atoms with E-state index in [0.29, 0.717) is 18.8 Å². The monoisotopic (exact) mass is 255 g/mol. The van der Waals surface area contributed by atoms with Crippen molar-refractivity contribution >= 4 is 11.6 Å². The average molecular weight is 255 g/mol. The van der Waals surface area contributed by atoms with Gasteiger partial charge < -0.3 is 15.6 Å². The van der Waals surface area contributed by atoms with Crippen LogP contribution in [0.3, 0.4) is 0 Å². The second-order valence-corrected chi connectivity index (χ2v) is 4.61. The Kier molecular flexibility index (Phi) is 2.59. The normalized spacial score (nSPS) is 13.4. The number of rotatable bonds is 1. The molecule has 1 aromatic carbocycles. The van der Waals surface area contributed by atoms with E-state index in [9.17, 15) is 9.59 Å². The highest BCUT2D eigenvalue weighted by molar-refractivity contribution is 5.94. The molecule has 19 heavy (non-hydrogen) atoms. The number of nitrogens with two attached hydrogens (primary N) is 1. The van der Waals surface area contributed by atoms with Crippen LogP contribution < -0.4 is 11.2 Å². The maximum absolute atomic E-state index is 12.3. The third-order valence-corrected chi connectivity index (χ3v) is 3.29. The Morgan fingerprint density at radius 2 is 2.00 bits per heavy atom. The fraction of sp³-hybridized carbons (Fsp3) is 0.143. The van der Waals surface area contributed by atoms with Gasteiger partial charge >= 0.3 is 0 Å². The van der Waals surface area contributed by atoms with Gasteiger partial charge in [-0.25, -0.2) is 0 Å². The zero-order chi connectivity index (χ0) is 13.4. The van der Waals surface area contributed by atoms with Crippen LogP contribution in [0, 0.1) is 0 Å².